The fourth-order valence-electron chi connectivity index (χ4n) is 3.44. The predicted molar refractivity (Wildman–Crippen MR) is 101 cm³/mol. The Morgan fingerprint density at radius 1 is 1.12 bits per heavy atom. The molecule has 2 fully saturated rings. The van der Waals surface area contributed by atoms with E-state index in [4.69, 9.17) is 0 Å². The van der Waals surface area contributed by atoms with Crippen LogP contribution in [0.2, 0.25) is 0 Å². The van der Waals surface area contributed by atoms with E-state index in [1.54, 1.807) is 24.3 Å². The van der Waals surface area contributed by atoms with E-state index in [1.165, 1.54) is 6.42 Å². The molecule has 2 bridgehead atoms. The predicted octanol–water partition coefficient (Wildman–Crippen LogP) is 2.60. The monoisotopic (exact) mass is 366 g/mol. The van der Waals surface area contributed by atoms with E-state index in [9.17, 15) is 9.59 Å². The van der Waals surface area contributed by atoms with Gasteiger partial charge < -0.3 is 20.9 Å². The molecule has 3 amide bonds. The van der Waals surface area contributed by atoms with Crippen molar-refractivity contribution in [1.29, 1.82) is 0 Å². The van der Waals surface area contributed by atoms with Crippen molar-refractivity contribution in [2.24, 2.45) is 0 Å². The lowest BCUT2D eigenvalue weighted by atomic mass is 10.1. The number of hydrogen-bond acceptors (Lipinski definition) is 3. The number of urea groups is 1. The number of carbonyl (C=O) groups excluding carboxylic acids is 2. The second kappa shape index (κ2) is 8.54. The molecule has 138 valence electrons. The van der Waals surface area contributed by atoms with Crippen molar-refractivity contribution < 1.29 is 9.59 Å². The number of likely N-dealkylation sites (tertiary alicyclic amines) is 1. The maximum absolute atomic E-state index is 12.7. The number of nitrogens with one attached hydrogen (secondary N) is 3. The van der Waals surface area contributed by atoms with Crippen molar-refractivity contribution in [3.05, 3.63) is 29.8 Å². The number of nitrogens with zero attached hydrogens (tertiary/aromatic N) is 1. The number of benzene rings is 1. The molecule has 7 heteroatoms. The van der Waals surface area contributed by atoms with Crippen LogP contribution in [-0.4, -0.2) is 48.1 Å². The smallest absolute Gasteiger partial charge is 0.319 e. The summed E-state index contributed by atoms with van der Waals surface area (Å²) >= 11 is 0. The molecule has 0 aromatic heterocycles. The highest BCUT2D eigenvalue weighted by Crippen LogP contribution is 2.22. The Morgan fingerprint density at radius 3 is 2.48 bits per heavy atom. The first-order chi connectivity index (χ1) is 11.5. The summed E-state index contributed by atoms with van der Waals surface area (Å²) in [4.78, 5) is 26.4. The lowest BCUT2D eigenvalue weighted by Gasteiger charge is -2.24. The molecule has 0 spiro atoms. The molecule has 1 aromatic rings. The molecule has 2 saturated heterocycles. The number of hydrogen-bond donors (Lipinski definition) is 3. The average molecular weight is 367 g/mol. The average Bonchev–Trinajstić information content (AvgIpc) is 2.85. The highest BCUT2D eigenvalue weighted by atomic mass is 35.5. The van der Waals surface area contributed by atoms with E-state index in [0.717, 1.165) is 25.9 Å². The summed E-state index contributed by atoms with van der Waals surface area (Å²) < 4.78 is 0. The van der Waals surface area contributed by atoms with Crippen LogP contribution in [-0.2, 0) is 0 Å². The number of carbonyl (C=O) groups is 2. The van der Waals surface area contributed by atoms with Crippen LogP contribution in [0.1, 0.15) is 43.5 Å². The topological polar surface area (TPSA) is 73.5 Å². The first kappa shape index (κ1) is 19.5. The summed E-state index contributed by atoms with van der Waals surface area (Å²) in [6.07, 6.45) is 3.41. The van der Waals surface area contributed by atoms with Gasteiger partial charge >= 0.3 is 6.03 Å². The SMILES string of the molecule is CC(C)NC(=O)Nc1ccc(C(=O)N2CCC3CCC(C2)N3)cc1.Cl. The molecular formula is C18H27ClN4O2. The Morgan fingerprint density at radius 2 is 1.80 bits per heavy atom. The summed E-state index contributed by atoms with van der Waals surface area (Å²) in [5, 5.41) is 9.12. The van der Waals surface area contributed by atoms with E-state index in [0.29, 0.717) is 23.3 Å². The minimum absolute atomic E-state index is 0. The fraction of sp³-hybridized carbons (Fsp3) is 0.556. The van der Waals surface area contributed by atoms with Crippen molar-refractivity contribution >= 4 is 30.0 Å². The highest BCUT2D eigenvalue weighted by molar-refractivity contribution is 5.95. The maximum atomic E-state index is 12.7. The van der Waals surface area contributed by atoms with Gasteiger partial charge in [0.15, 0.2) is 0 Å². The van der Waals surface area contributed by atoms with Crippen molar-refractivity contribution in [2.45, 2.75) is 51.2 Å². The van der Waals surface area contributed by atoms with E-state index >= 15 is 0 Å². The van der Waals surface area contributed by atoms with E-state index < -0.39 is 0 Å². The molecule has 0 saturated carbocycles. The third kappa shape index (κ3) is 5.09. The van der Waals surface area contributed by atoms with Crippen molar-refractivity contribution in [2.75, 3.05) is 18.4 Å². The van der Waals surface area contributed by atoms with Crippen molar-refractivity contribution in [3.63, 3.8) is 0 Å². The van der Waals surface area contributed by atoms with Crippen LogP contribution in [0.3, 0.4) is 0 Å². The Labute approximate surface area is 155 Å². The lowest BCUT2D eigenvalue weighted by Crippen LogP contribution is -2.39. The standard InChI is InChI=1S/C18H26N4O2.ClH/c1-12(2)19-18(24)21-14-5-3-13(4-6-14)17(23)22-10-9-15-7-8-16(11-22)20-15;/h3-6,12,15-16,20H,7-11H2,1-2H3,(H2,19,21,24);1H. The number of rotatable bonds is 3. The summed E-state index contributed by atoms with van der Waals surface area (Å²) in [6.45, 7) is 5.41. The minimum atomic E-state index is -0.237. The largest absolute Gasteiger partial charge is 0.337 e. The molecular weight excluding hydrogens is 340 g/mol. The minimum Gasteiger partial charge on any atom is -0.337 e. The van der Waals surface area contributed by atoms with Crippen LogP contribution in [0.5, 0.6) is 0 Å². The van der Waals surface area contributed by atoms with Gasteiger partial charge in [0, 0.05) is 42.5 Å². The third-order valence-corrected chi connectivity index (χ3v) is 4.62. The molecule has 2 aliphatic rings. The first-order valence-corrected chi connectivity index (χ1v) is 8.74. The zero-order chi connectivity index (χ0) is 17.1. The van der Waals surface area contributed by atoms with E-state index in [2.05, 4.69) is 16.0 Å². The molecule has 3 rings (SSSR count). The normalized spacial score (nSPS) is 22.1. The highest BCUT2D eigenvalue weighted by Gasteiger charge is 2.31. The summed E-state index contributed by atoms with van der Waals surface area (Å²) in [5.41, 5.74) is 1.35. The van der Waals surface area contributed by atoms with Crippen LogP contribution < -0.4 is 16.0 Å². The van der Waals surface area contributed by atoms with Gasteiger partial charge in [0.1, 0.15) is 0 Å². The van der Waals surface area contributed by atoms with E-state index in [1.807, 2.05) is 18.7 Å². The van der Waals surface area contributed by atoms with Crippen LogP contribution >= 0.6 is 12.4 Å². The number of anilines is 1. The summed E-state index contributed by atoms with van der Waals surface area (Å²) in [6, 6.07) is 7.95. The van der Waals surface area contributed by atoms with Gasteiger partial charge in [0.25, 0.3) is 5.91 Å². The van der Waals surface area contributed by atoms with Gasteiger partial charge in [0.05, 0.1) is 0 Å². The second-order valence-corrected chi connectivity index (χ2v) is 7.01. The second-order valence-electron chi connectivity index (χ2n) is 7.01. The van der Waals surface area contributed by atoms with Gasteiger partial charge in [-0.1, -0.05) is 0 Å². The summed E-state index contributed by atoms with van der Waals surface area (Å²) in [5.74, 6) is 0.0718. The maximum Gasteiger partial charge on any atom is 0.319 e. The number of fused-ring (bicyclic) bond motifs is 2. The van der Waals surface area contributed by atoms with Gasteiger partial charge in [-0.25, -0.2) is 4.79 Å². The van der Waals surface area contributed by atoms with Gasteiger partial charge in [-0.2, -0.15) is 0 Å². The molecule has 25 heavy (non-hydrogen) atoms. The summed E-state index contributed by atoms with van der Waals surface area (Å²) in [7, 11) is 0. The quantitative estimate of drug-likeness (QED) is 0.769. The van der Waals surface area contributed by atoms with Crippen molar-refractivity contribution in [3.8, 4) is 0 Å². The molecule has 2 aliphatic heterocycles. The Bertz CT molecular complexity index is 606. The van der Waals surface area contributed by atoms with Crippen LogP contribution in [0.25, 0.3) is 0 Å². The Hall–Kier alpha value is -1.79. The zero-order valence-corrected chi connectivity index (χ0v) is 15.6. The lowest BCUT2D eigenvalue weighted by molar-refractivity contribution is 0.0748. The third-order valence-electron chi connectivity index (χ3n) is 4.62. The molecule has 6 nitrogen and oxygen atoms in total. The Kier molecular flexibility index (Phi) is 6.67. The van der Waals surface area contributed by atoms with Crippen LogP contribution in [0.4, 0.5) is 10.5 Å². The van der Waals surface area contributed by atoms with Crippen molar-refractivity contribution in [1.82, 2.24) is 15.5 Å². The molecule has 0 aliphatic carbocycles. The molecule has 2 heterocycles. The van der Waals surface area contributed by atoms with Gasteiger partial charge in [-0.15, -0.1) is 12.4 Å². The molecule has 2 unspecified atom stereocenters. The van der Waals surface area contributed by atoms with E-state index in [-0.39, 0.29) is 30.4 Å². The van der Waals surface area contributed by atoms with Gasteiger partial charge in [-0.05, 0) is 57.4 Å². The molecule has 1 aromatic carbocycles. The molecule has 0 radical (unpaired) electrons. The van der Waals surface area contributed by atoms with Crippen LogP contribution in [0, 0.1) is 0 Å². The molecule has 3 N–H and O–H groups in total. The first-order valence-electron chi connectivity index (χ1n) is 8.74. The van der Waals surface area contributed by atoms with Gasteiger partial charge in [-0.3, -0.25) is 4.79 Å². The fourth-order valence-corrected chi connectivity index (χ4v) is 3.44. The van der Waals surface area contributed by atoms with Gasteiger partial charge in [0.2, 0.25) is 0 Å². The zero-order valence-electron chi connectivity index (χ0n) is 14.7. The van der Waals surface area contributed by atoms with Crippen LogP contribution in [0.15, 0.2) is 24.3 Å². The molecule has 2 atom stereocenters. The number of amides is 3. The Balaban J connectivity index is 0.00000225. The number of halogens is 1.